The first-order chi connectivity index (χ1) is 17.9. The number of carbonyl (C=O) groups is 1. The van der Waals surface area contributed by atoms with Crippen LogP contribution in [0.1, 0.15) is 43.4 Å². The van der Waals surface area contributed by atoms with E-state index in [0.717, 1.165) is 16.0 Å². The van der Waals surface area contributed by atoms with Crippen molar-refractivity contribution in [2.45, 2.75) is 24.1 Å². The molecule has 0 bridgehead atoms. The quantitative estimate of drug-likeness (QED) is 0.124. The average molecular weight is 533 g/mol. The number of thiophene rings is 1. The molecule has 2 heterocycles. The number of carbonyl (C=O) groups excluding carboxylic acids is 1. The molecule has 0 radical (unpaired) electrons. The molecule has 37 heavy (non-hydrogen) atoms. The molecule has 0 unspecified atom stereocenters. The smallest absolute Gasteiger partial charge is 0.280 e. The molecule has 0 atom stereocenters. The van der Waals surface area contributed by atoms with Crippen LogP contribution >= 0.6 is 23.1 Å². The number of hydrogen-bond acceptors (Lipinski definition) is 6. The maximum atomic E-state index is 13.7. The summed E-state index contributed by atoms with van der Waals surface area (Å²) in [5.41, 5.74) is 2.52. The molecule has 0 fully saturated rings. The lowest BCUT2D eigenvalue weighted by Gasteiger charge is -2.13. The zero-order valence-corrected chi connectivity index (χ0v) is 21.7. The van der Waals surface area contributed by atoms with Gasteiger partial charge in [0.25, 0.3) is 6.43 Å². The van der Waals surface area contributed by atoms with E-state index in [0.29, 0.717) is 27.5 Å². The fourth-order valence-corrected chi connectivity index (χ4v) is 5.47. The minimum atomic E-state index is -2.78. The average Bonchev–Trinajstić information content (AvgIpc) is 3.36. The van der Waals surface area contributed by atoms with Gasteiger partial charge in [-0.2, -0.15) is 5.26 Å². The fraction of sp³-hybridized carbons (Fsp3) is 0.138. The lowest BCUT2D eigenvalue weighted by atomic mass is 10.0. The van der Waals surface area contributed by atoms with Gasteiger partial charge >= 0.3 is 0 Å². The second kappa shape index (κ2) is 12.0. The molecule has 2 aromatic heterocycles. The van der Waals surface area contributed by atoms with Crippen LogP contribution in [0.2, 0.25) is 0 Å². The molecule has 0 aliphatic carbocycles. The summed E-state index contributed by atoms with van der Waals surface area (Å²) in [5, 5.41) is 10.1. The summed E-state index contributed by atoms with van der Waals surface area (Å²) in [7, 11) is 1.55. The second-order valence-corrected chi connectivity index (χ2v) is 10.3. The largest absolute Gasteiger partial charge is 0.496 e. The van der Waals surface area contributed by atoms with Gasteiger partial charge in [0.1, 0.15) is 22.5 Å². The van der Waals surface area contributed by atoms with E-state index in [9.17, 15) is 18.8 Å². The molecule has 0 spiro atoms. The Morgan fingerprint density at radius 3 is 2.59 bits per heavy atom. The SMILES string of the molecule is COc1ccc(/C=C/C(=O)c2ccc(C)s2)cc1CSc1nc(C(F)F)cc(-c2ccccc2)c1C#N. The van der Waals surface area contributed by atoms with Gasteiger partial charge in [0.2, 0.25) is 0 Å². The highest BCUT2D eigenvalue weighted by Gasteiger charge is 2.19. The van der Waals surface area contributed by atoms with E-state index in [-0.39, 0.29) is 22.1 Å². The van der Waals surface area contributed by atoms with Crippen molar-refractivity contribution in [2.24, 2.45) is 0 Å². The molecule has 2 aromatic carbocycles. The Kier molecular flexibility index (Phi) is 8.49. The van der Waals surface area contributed by atoms with Crippen LogP contribution in [0.15, 0.2) is 77.8 Å². The summed E-state index contributed by atoms with van der Waals surface area (Å²) in [5.74, 6) is 0.854. The Bertz CT molecular complexity index is 1490. The molecule has 4 aromatic rings. The van der Waals surface area contributed by atoms with Gasteiger partial charge in [-0.15, -0.1) is 23.1 Å². The van der Waals surface area contributed by atoms with Crippen molar-refractivity contribution >= 4 is 35.0 Å². The van der Waals surface area contributed by atoms with Crippen molar-refractivity contribution in [3.8, 4) is 22.9 Å². The predicted octanol–water partition coefficient (Wildman–Crippen LogP) is 8.12. The zero-order chi connectivity index (χ0) is 26.4. The summed E-state index contributed by atoms with van der Waals surface area (Å²) < 4.78 is 32.8. The summed E-state index contributed by atoms with van der Waals surface area (Å²) >= 11 is 2.63. The molecule has 4 nitrogen and oxygen atoms in total. The molecule has 4 rings (SSSR count). The van der Waals surface area contributed by atoms with E-state index in [1.165, 1.54) is 35.2 Å². The van der Waals surface area contributed by atoms with Crippen molar-refractivity contribution in [3.63, 3.8) is 0 Å². The maximum Gasteiger partial charge on any atom is 0.280 e. The first-order valence-electron chi connectivity index (χ1n) is 11.3. The van der Waals surface area contributed by atoms with E-state index in [1.807, 2.05) is 31.2 Å². The fourth-order valence-electron chi connectivity index (χ4n) is 3.69. The number of alkyl halides is 2. The number of pyridine rings is 1. The number of aryl methyl sites for hydroxylation is 1. The van der Waals surface area contributed by atoms with Crippen LogP contribution in [-0.4, -0.2) is 17.9 Å². The van der Waals surface area contributed by atoms with E-state index >= 15 is 0 Å². The number of aromatic nitrogens is 1. The van der Waals surface area contributed by atoms with E-state index in [4.69, 9.17) is 4.74 Å². The normalized spacial score (nSPS) is 11.1. The van der Waals surface area contributed by atoms with Gasteiger partial charge in [-0.3, -0.25) is 4.79 Å². The number of ether oxygens (including phenoxy) is 1. The number of halogens is 2. The highest BCUT2D eigenvalue weighted by molar-refractivity contribution is 7.98. The van der Waals surface area contributed by atoms with Crippen LogP contribution < -0.4 is 4.74 Å². The topological polar surface area (TPSA) is 63.0 Å². The molecule has 8 heteroatoms. The van der Waals surface area contributed by atoms with Gasteiger partial charge in [-0.1, -0.05) is 42.5 Å². The van der Waals surface area contributed by atoms with Crippen molar-refractivity contribution < 1.29 is 18.3 Å². The Morgan fingerprint density at radius 1 is 1.16 bits per heavy atom. The Hall–Kier alpha value is -3.80. The number of nitriles is 1. The van der Waals surface area contributed by atoms with Gasteiger partial charge in [0.15, 0.2) is 5.78 Å². The Balaban J connectivity index is 1.63. The predicted molar refractivity (Wildman–Crippen MR) is 144 cm³/mol. The Morgan fingerprint density at radius 2 is 1.95 bits per heavy atom. The van der Waals surface area contributed by atoms with Gasteiger partial charge < -0.3 is 4.74 Å². The Labute approximate surface area is 222 Å². The number of nitrogens with zero attached hydrogens (tertiary/aromatic N) is 2. The molecule has 0 aliphatic rings. The number of allylic oxidation sites excluding steroid dienone is 1. The summed E-state index contributed by atoms with van der Waals surface area (Å²) in [6.45, 7) is 1.95. The standard InChI is InChI=1S/C29H22F2N2O2S2/c1-18-8-13-27(37-18)25(34)11-9-19-10-12-26(35-2)21(14-19)17-36-29-23(16-32)22(15-24(33-29)28(30)31)20-6-4-3-5-7-20/h3-15,28H,17H2,1-2H3/b11-9+. The van der Waals surface area contributed by atoms with E-state index in [2.05, 4.69) is 11.1 Å². The molecular weight excluding hydrogens is 510 g/mol. The van der Waals surface area contributed by atoms with Crippen molar-refractivity contribution in [1.29, 1.82) is 5.26 Å². The molecule has 0 aliphatic heterocycles. The number of rotatable bonds is 9. The minimum absolute atomic E-state index is 0.0787. The monoisotopic (exact) mass is 532 g/mol. The maximum absolute atomic E-state index is 13.7. The molecule has 0 amide bonds. The molecule has 0 saturated carbocycles. The van der Waals surface area contributed by atoms with Crippen LogP contribution in [0.3, 0.4) is 0 Å². The van der Waals surface area contributed by atoms with Gasteiger partial charge in [0.05, 0.1) is 17.6 Å². The zero-order valence-electron chi connectivity index (χ0n) is 20.1. The lowest BCUT2D eigenvalue weighted by Crippen LogP contribution is -1.99. The third-order valence-corrected chi connectivity index (χ3v) is 7.54. The third kappa shape index (κ3) is 6.31. The minimum Gasteiger partial charge on any atom is -0.496 e. The highest BCUT2D eigenvalue weighted by atomic mass is 32.2. The number of thioether (sulfide) groups is 1. The van der Waals surface area contributed by atoms with Crippen LogP contribution in [0.4, 0.5) is 8.78 Å². The van der Waals surface area contributed by atoms with Crippen LogP contribution in [-0.2, 0) is 5.75 Å². The van der Waals surface area contributed by atoms with Gasteiger partial charge in [0, 0.05) is 21.8 Å². The van der Waals surface area contributed by atoms with Crippen molar-refractivity contribution in [2.75, 3.05) is 7.11 Å². The third-order valence-electron chi connectivity index (χ3n) is 5.51. The van der Waals surface area contributed by atoms with Gasteiger partial charge in [-0.05, 0) is 54.5 Å². The first-order valence-corrected chi connectivity index (χ1v) is 13.1. The molecule has 0 N–H and O–H groups in total. The van der Waals surface area contributed by atoms with Crippen molar-refractivity contribution in [3.05, 3.63) is 105 Å². The van der Waals surface area contributed by atoms with Crippen LogP contribution in [0.5, 0.6) is 5.75 Å². The lowest BCUT2D eigenvalue weighted by molar-refractivity contribution is 0.105. The highest BCUT2D eigenvalue weighted by Crippen LogP contribution is 2.36. The second-order valence-electron chi connectivity index (χ2n) is 8.02. The van der Waals surface area contributed by atoms with Crippen LogP contribution in [0.25, 0.3) is 17.2 Å². The number of hydrogen-bond donors (Lipinski definition) is 0. The van der Waals surface area contributed by atoms with Crippen molar-refractivity contribution in [1.82, 2.24) is 4.98 Å². The number of methoxy groups -OCH3 is 1. The first kappa shape index (κ1) is 26.3. The number of ketones is 1. The molecule has 0 saturated heterocycles. The molecule has 186 valence electrons. The van der Waals surface area contributed by atoms with E-state index in [1.54, 1.807) is 49.6 Å². The summed E-state index contributed by atoms with van der Waals surface area (Å²) in [4.78, 5) is 18.3. The molecular formula is C29H22F2N2O2S2. The summed E-state index contributed by atoms with van der Waals surface area (Å²) in [6.07, 6.45) is 0.481. The van der Waals surface area contributed by atoms with Crippen LogP contribution in [0, 0.1) is 18.3 Å². The summed E-state index contributed by atoms with van der Waals surface area (Å²) in [6, 6.07) is 21.6. The van der Waals surface area contributed by atoms with E-state index < -0.39 is 6.43 Å². The van der Waals surface area contributed by atoms with Gasteiger partial charge in [-0.25, -0.2) is 13.8 Å². The number of benzene rings is 2.